The smallest absolute Gasteiger partial charge is 0.163 e. The first-order valence-electron chi connectivity index (χ1n) is 9.26. The number of nitrogen functional groups attached to an aromatic ring is 1. The molecule has 1 fully saturated rings. The van der Waals surface area contributed by atoms with Gasteiger partial charge in [-0.3, -0.25) is 10.3 Å². The second kappa shape index (κ2) is 7.53. The molecule has 0 radical (unpaired) electrons. The minimum atomic E-state index is 0.143. The van der Waals surface area contributed by atoms with Gasteiger partial charge in [-0.2, -0.15) is 0 Å². The van der Waals surface area contributed by atoms with Gasteiger partial charge in [0.1, 0.15) is 18.3 Å². The molecule has 0 bridgehead atoms. The number of aromatic nitrogens is 3. The molecule has 2 aromatic heterocycles. The van der Waals surface area contributed by atoms with Crippen LogP contribution in [0.3, 0.4) is 0 Å². The van der Waals surface area contributed by atoms with E-state index in [0.717, 1.165) is 52.6 Å². The summed E-state index contributed by atoms with van der Waals surface area (Å²) in [4.78, 5) is 2.20. The zero-order valence-electron chi connectivity index (χ0n) is 16.1. The third-order valence-corrected chi connectivity index (χ3v) is 5.03. The van der Waals surface area contributed by atoms with Crippen molar-refractivity contribution in [1.82, 2.24) is 14.8 Å². The van der Waals surface area contributed by atoms with Gasteiger partial charge < -0.3 is 25.4 Å². The largest absolute Gasteiger partial charge is 0.479 e. The lowest BCUT2D eigenvalue weighted by Gasteiger charge is -2.28. The molecule has 1 aromatic carbocycles. The Bertz CT molecular complexity index is 978. The van der Waals surface area contributed by atoms with Crippen LogP contribution in [0.25, 0.3) is 16.5 Å². The van der Waals surface area contributed by atoms with Crippen molar-refractivity contribution in [1.29, 1.82) is 0 Å². The Kier molecular flexibility index (Phi) is 4.93. The Labute approximate surface area is 163 Å². The number of ether oxygens (including phenoxy) is 2. The highest BCUT2D eigenvalue weighted by Gasteiger charge is 2.25. The van der Waals surface area contributed by atoms with Crippen LogP contribution in [-0.4, -0.2) is 54.8 Å². The third kappa shape index (κ3) is 2.98. The topological polar surface area (TPSA) is 116 Å². The predicted molar refractivity (Wildman–Crippen MR) is 110 cm³/mol. The molecule has 0 atom stereocenters. The molecule has 28 heavy (non-hydrogen) atoms. The Balaban J connectivity index is 1.92. The van der Waals surface area contributed by atoms with Gasteiger partial charge in [-0.25, -0.2) is 0 Å². The van der Waals surface area contributed by atoms with Gasteiger partial charge in [-0.1, -0.05) is 0 Å². The number of hydrogen-bond donors (Lipinski definition) is 3. The van der Waals surface area contributed by atoms with Crippen LogP contribution in [0, 0.1) is 6.92 Å². The van der Waals surface area contributed by atoms with E-state index >= 15 is 0 Å². The van der Waals surface area contributed by atoms with E-state index in [2.05, 4.69) is 25.0 Å². The van der Waals surface area contributed by atoms with E-state index in [1.165, 1.54) is 0 Å². The van der Waals surface area contributed by atoms with Crippen LogP contribution in [0.1, 0.15) is 5.69 Å². The van der Waals surface area contributed by atoms with Gasteiger partial charge in [0.2, 0.25) is 0 Å². The first kappa shape index (κ1) is 18.3. The summed E-state index contributed by atoms with van der Waals surface area (Å²) in [5.74, 6) is 2.89. The molecule has 3 heterocycles. The number of nitrogens with zero attached hydrogens (tertiary/aromatic N) is 4. The molecule has 5 N–H and O–H groups in total. The Morgan fingerprint density at radius 3 is 2.50 bits per heavy atom. The van der Waals surface area contributed by atoms with Gasteiger partial charge in [-0.05, 0) is 31.2 Å². The summed E-state index contributed by atoms with van der Waals surface area (Å²) in [5, 5.41) is 13.9. The lowest BCUT2D eigenvalue weighted by Crippen LogP contribution is -2.37. The molecule has 0 saturated carbocycles. The number of fused-ring (bicyclic) bond motifs is 1. The summed E-state index contributed by atoms with van der Waals surface area (Å²) in [6.07, 6.45) is 0. The summed E-state index contributed by atoms with van der Waals surface area (Å²) >= 11 is 0. The highest BCUT2D eigenvalue weighted by molar-refractivity contribution is 6.08. The molecular formula is C19H25N7O2. The van der Waals surface area contributed by atoms with E-state index in [1.54, 1.807) is 0 Å². The predicted octanol–water partition coefficient (Wildman–Crippen LogP) is 1.48. The van der Waals surface area contributed by atoms with Crippen molar-refractivity contribution < 1.29 is 9.47 Å². The van der Waals surface area contributed by atoms with Gasteiger partial charge in [0.05, 0.1) is 24.0 Å². The standard InChI is InChI=1S/C19H25N7O2/c1-12-15-16(19(24-23-17(15)21)25-7-9-27-10-8-25)18(22-2)26(12)13-3-5-14(6-4-13)28-11-20/h3-6,22H,7-11,20H2,1-2H3,(H2,21,23). The zero-order valence-corrected chi connectivity index (χ0v) is 16.1. The average Bonchev–Trinajstić information content (AvgIpc) is 3.03. The van der Waals surface area contributed by atoms with Gasteiger partial charge in [0.15, 0.2) is 11.6 Å². The number of nitrogens with one attached hydrogen (secondary N) is 1. The fourth-order valence-corrected chi connectivity index (χ4v) is 3.77. The van der Waals surface area contributed by atoms with Crippen LogP contribution in [0.15, 0.2) is 24.3 Å². The summed E-state index contributed by atoms with van der Waals surface area (Å²) in [6.45, 7) is 5.06. The lowest BCUT2D eigenvalue weighted by atomic mass is 10.2. The molecule has 3 aromatic rings. The van der Waals surface area contributed by atoms with Gasteiger partial charge in [0.25, 0.3) is 0 Å². The van der Waals surface area contributed by atoms with Crippen LogP contribution in [0.5, 0.6) is 5.75 Å². The number of morpholine rings is 1. The number of anilines is 3. The Morgan fingerprint density at radius 1 is 1.14 bits per heavy atom. The minimum Gasteiger partial charge on any atom is -0.479 e. The number of aryl methyl sites for hydroxylation is 1. The quantitative estimate of drug-likeness (QED) is 0.567. The van der Waals surface area contributed by atoms with E-state index < -0.39 is 0 Å². The maximum Gasteiger partial charge on any atom is 0.163 e. The van der Waals surface area contributed by atoms with Crippen molar-refractivity contribution in [3.8, 4) is 11.4 Å². The molecule has 9 nitrogen and oxygen atoms in total. The highest BCUT2D eigenvalue weighted by Crippen LogP contribution is 2.40. The maximum atomic E-state index is 6.24. The summed E-state index contributed by atoms with van der Waals surface area (Å²) in [5.41, 5.74) is 13.7. The fraction of sp³-hybridized carbons (Fsp3) is 0.368. The van der Waals surface area contributed by atoms with Crippen molar-refractivity contribution in [3.63, 3.8) is 0 Å². The van der Waals surface area contributed by atoms with E-state index in [0.29, 0.717) is 19.0 Å². The molecule has 9 heteroatoms. The number of nitrogens with two attached hydrogens (primary N) is 2. The number of rotatable bonds is 5. The molecule has 0 unspecified atom stereocenters. The van der Waals surface area contributed by atoms with E-state index in [4.69, 9.17) is 20.9 Å². The van der Waals surface area contributed by atoms with E-state index in [-0.39, 0.29) is 6.73 Å². The number of benzene rings is 1. The van der Waals surface area contributed by atoms with Crippen molar-refractivity contribution in [2.75, 3.05) is 56.0 Å². The van der Waals surface area contributed by atoms with E-state index in [9.17, 15) is 0 Å². The molecule has 148 valence electrons. The van der Waals surface area contributed by atoms with Crippen LogP contribution in [0.4, 0.5) is 17.5 Å². The van der Waals surface area contributed by atoms with Crippen molar-refractivity contribution in [2.45, 2.75) is 6.92 Å². The van der Waals surface area contributed by atoms with Crippen LogP contribution < -0.4 is 26.4 Å². The molecule has 1 aliphatic rings. The second-order valence-electron chi connectivity index (χ2n) is 6.58. The molecular weight excluding hydrogens is 358 g/mol. The monoisotopic (exact) mass is 383 g/mol. The Morgan fingerprint density at radius 2 is 1.86 bits per heavy atom. The van der Waals surface area contributed by atoms with Crippen molar-refractivity contribution in [2.24, 2.45) is 5.73 Å². The first-order valence-corrected chi connectivity index (χ1v) is 9.26. The Hall–Kier alpha value is -3.04. The van der Waals surface area contributed by atoms with Gasteiger partial charge >= 0.3 is 0 Å². The van der Waals surface area contributed by atoms with E-state index in [1.807, 2.05) is 38.2 Å². The van der Waals surface area contributed by atoms with Gasteiger partial charge in [0, 0.05) is 31.5 Å². The zero-order chi connectivity index (χ0) is 19.7. The summed E-state index contributed by atoms with van der Waals surface area (Å²) in [7, 11) is 1.90. The second-order valence-corrected chi connectivity index (χ2v) is 6.58. The average molecular weight is 383 g/mol. The fourth-order valence-electron chi connectivity index (χ4n) is 3.77. The molecule has 0 amide bonds. The lowest BCUT2D eigenvalue weighted by molar-refractivity contribution is 0.122. The van der Waals surface area contributed by atoms with Gasteiger partial charge in [-0.15, -0.1) is 10.2 Å². The molecule has 0 spiro atoms. The van der Waals surface area contributed by atoms with Crippen LogP contribution >= 0.6 is 0 Å². The summed E-state index contributed by atoms with van der Waals surface area (Å²) < 4.78 is 13.0. The molecule has 4 rings (SSSR count). The minimum absolute atomic E-state index is 0.143. The van der Waals surface area contributed by atoms with Crippen molar-refractivity contribution >= 4 is 28.2 Å². The third-order valence-electron chi connectivity index (χ3n) is 5.03. The first-order chi connectivity index (χ1) is 13.7. The number of hydrogen-bond acceptors (Lipinski definition) is 8. The van der Waals surface area contributed by atoms with Crippen LogP contribution in [-0.2, 0) is 4.74 Å². The summed E-state index contributed by atoms with van der Waals surface area (Å²) in [6, 6.07) is 7.77. The normalized spacial score (nSPS) is 14.5. The van der Waals surface area contributed by atoms with Crippen LogP contribution in [0.2, 0.25) is 0 Å². The maximum absolute atomic E-state index is 6.24. The molecule has 1 aliphatic heterocycles. The highest BCUT2D eigenvalue weighted by atomic mass is 16.5. The molecule has 1 saturated heterocycles. The SMILES string of the molecule is CNc1c2c(N3CCOCC3)nnc(N)c2c(C)n1-c1ccc(OCN)cc1. The molecule has 0 aliphatic carbocycles. The van der Waals surface area contributed by atoms with Crippen molar-refractivity contribution in [3.05, 3.63) is 30.0 Å².